The zero-order valence-corrected chi connectivity index (χ0v) is 12.1. The molecule has 0 aromatic carbocycles. The molecule has 1 aliphatic carbocycles. The zero-order valence-electron chi connectivity index (χ0n) is 12.1. The summed E-state index contributed by atoms with van der Waals surface area (Å²) in [4.78, 5) is 25.7. The van der Waals surface area contributed by atoms with E-state index in [-0.39, 0.29) is 11.8 Å². The van der Waals surface area contributed by atoms with Gasteiger partial charge in [-0.3, -0.25) is 9.59 Å². The first-order valence-corrected chi connectivity index (χ1v) is 7.12. The lowest BCUT2D eigenvalue weighted by Crippen LogP contribution is -2.47. The molecule has 2 atom stereocenters. The van der Waals surface area contributed by atoms with Crippen LogP contribution in [0.2, 0.25) is 0 Å². The zero-order chi connectivity index (χ0) is 14.0. The van der Waals surface area contributed by atoms with Gasteiger partial charge in [0.15, 0.2) is 0 Å². The molecule has 0 N–H and O–H groups in total. The van der Waals surface area contributed by atoms with E-state index in [0.29, 0.717) is 30.5 Å². The van der Waals surface area contributed by atoms with Gasteiger partial charge in [0.2, 0.25) is 5.91 Å². The van der Waals surface area contributed by atoms with E-state index in [9.17, 15) is 9.59 Å². The minimum atomic E-state index is -0.0229. The Balaban J connectivity index is 2.06. The van der Waals surface area contributed by atoms with Gasteiger partial charge in [-0.05, 0) is 18.8 Å². The summed E-state index contributed by atoms with van der Waals surface area (Å²) in [6.45, 7) is 2.21. The predicted octanol–water partition coefficient (Wildman–Crippen LogP) is 1.63. The molecule has 5 heteroatoms. The van der Waals surface area contributed by atoms with Crippen molar-refractivity contribution in [3.8, 4) is 0 Å². The second kappa shape index (κ2) is 5.72. The Kier molecular flexibility index (Phi) is 4.22. The molecular formula is C14H23N3O2. The Bertz CT molecular complexity index is 405. The topological polar surface area (TPSA) is 53.0 Å². The molecule has 0 aromatic rings. The smallest absolute Gasteiger partial charge is 0.270 e. The summed E-state index contributed by atoms with van der Waals surface area (Å²) in [5.41, 5.74) is 0.516. The van der Waals surface area contributed by atoms with Crippen molar-refractivity contribution in [3.63, 3.8) is 0 Å². The quantitative estimate of drug-likeness (QED) is 0.762. The Labute approximate surface area is 114 Å². The number of hydrogen-bond donors (Lipinski definition) is 0. The first kappa shape index (κ1) is 14.0. The van der Waals surface area contributed by atoms with E-state index in [4.69, 9.17) is 0 Å². The summed E-state index contributed by atoms with van der Waals surface area (Å²) in [6.07, 6.45) is 5.57. The van der Waals surface area contributed by atoms with Crippen LogP contribution in [0.1, 0.15) is 45.4 Å². The van der Waals surface area contributed by atoms with Gasteiger partial charge in [-0.1, -0.05) is 19.8 Å². The maximum atomic E-state index is 12.5. The standard InChI is InChI=1S/C14H23N3O2/c1-10-6-4-5-7-12(10)16(2)14(19)11-8-9-13(18)17(3)15-11/h10,12H,4-9H2,1-3H3. The summed E-state index contributed by atoms with van der Waals surface area (Å²) in [6, 6.07) is 0.312. The van der Waals surface area contributed by atoms with Crippen LogP contribution >= 0.6 is 0 Å². The van der Waals surface area contributed by atoms with Gasteiger partial charge in [-0.15, -0.1) is 0 Å². The molecular weight excluding hydrogens is 242 g/mol. The van der Waals surface area contributed by atoms with E-state index >= 15 is 0 Å². The Morgan fingerprint density at radius 1 is 1.32 bits per heavy atom. The molecule has 0 aromatic heterocycles. The third-order valence-corrected chi connectivity index (χ3v) is 4.34. The molecule has 2 unspecified atom stereocenters. The molecule has 5 nitrogen and oxygen atoms in total. The lowest BCUT2D eigenvalue weighted by molar-refractivity contribution is -0.131. The maximum absolute atomic E-state index is 12.5. The molecule has 2 aliphatic rings. The van der Waals surface area contributed by atoms with Gasteiger partial charge in [0.05, 0.1) is 0 Å². The first-order valence-electron chi connectivity index (χ1n) is 7.12. The molecule has 0 spiro atoms. The highest BCUT2D eigenvalue weighted by molar-refractivity contribution is 6.39. The van der Waals surface area contributed by atoms with Crippen LogP contribution in [0.4, 0.5) is 0 Å². The summed E-state index contributed by atoms with van der Waals surface area (Å²) >= 11 is 0. The predicted molar refractivity (Wildman–Crippen MR) is 73.6 cm³/mol. The molecule has 1 heterocycles. The van der Waals surface area contributed by atoms with E-state index < -0.39 is 0 Å². The van der Waals surface area contributed by atoms with Gasteiger partial charge in [-0.2, -0.15) is 5.10 Å². The van der Waals surface area contributed by atoms with Crippen LogP contribution in [0.3, 0.4) is 0 Å². The van der Waals surface area contributed by atoms with Gasteiger partial charge in [0.1, 0.15) is 5.71 Å². The minimum absolute atomic E-state index is 0.0156. The molecule has 0 bridgehead atoms. The van der Waals surface area contributed by atoms with Gasteiger partial charge in [0, 0.05) is 33.0 Å². The van der Waals surface area contributed by atoms with Gasteiger partial charge >= 0.3 is 0 Å². The molecule has 1 saturated carbocycles. The fourth-order valence-electron chi connectivity index (χ4n) is 3.05. The SMILES string of the molecule is CC1CCCCC1N(C)C(=O)C1=NN(C)C(=O)CC1. The largest absolute Gasteiger partial charge is 0.337 e. The number of rotatable bonds is 2. The van der Waals surface area contributed by atoms with E-state index in [1.807, 2.05) is 11.9 Å². The number of amides is 2. The lowest BCUT2D eigenvalue weighted by Gasteiger charge is -2.36. The monoisotopic (exact) mass is 265 g/mol. The summed E-state index contributed by atoms with van der Waals surface area (Å²) < 4.78 is 0. The van der Waals surface area contributed by atoms with Crippen LogP contribution in [0, 0.1) is 5.92 Å². The molecule has 106 valence electrons. The number of carbonyl (C=O) groups excluding carboxylic acids is 2. The highest BCUT2D eigenvalue weighted by atomic mass is 16.2. The highest BCUT2D eigenvalue weighted by Gasteiger charge is 2.31. The van der Waals surface area contributed by atoms with Crippen molar-refractivity contribution in [1.29, 1.82) is 0 Å². The number of hydrazone groups is 1. The molecule has 19 heavy (non-hydrogen) atoms. The lowest BCUT2D eigenvalue weighted by atomic mass is 9.85. The van der Waals surface area contributed by atoms with Crippen LogP contribution in [0.5, 0.6) is 0 Å². The van der Waals surface area contributed by atoms with Crippen molar-refractivity contribution in [1.82, 2.24) is 9.91 Å². The van der Waals surface area contributed by atoms with E-state index in [1.54, 1.807) is 7.05 Å². The van der Waals surface area contributed by atoms with Crippen molar-refractivity contribution in [2.75, 3.05) is 14.1 Å². The van der Waals surface area contributed by atoms with E-state index in [1.165, 1.54) is 24.3 Å². The molecule has 1 fully saturated rings. The van der Waals surface area contributed by atoms with Crippen LogP contribution in [0.25, 0.3) is 0 Å². The van der Waals surface area contributed by atoms with Crippen LogP contribution < -0.4 is 0 Å². The normalized spacial score (nSPS) is 28.1. The van der Waals surface area contributed by atoms with Crippen molar-refractivity contribution in [3.05, 3.63) is 0 Å². The van der Waals surface area contributed by atoms with Crippen LogP contribution in [0.15, 0.2) is 5.10 Å². The van der Waals surface area contributed by atoms with Crippen molar-refractivity contribution in [2.24, 2.45) is 11.0 Å². The summed E-state index contributed by atoms with van der Waals surface area (Å²) in [7, 11) is 3.48. The van der Waals surface area contributed by atoms with E-state index in [2.05, 4.69) is 12.0 Å². The average molecular weight is 265 g/mol. The van der Waals surface area contributed by atoms with Gasteiger partial charge < -0.3 is 4.90 Å². The Hall–Kier alpha value is -1.39. The van der Waals surface area contributed by atoms with E-state index in [0.717, 1.165) is 6.42 Å². The fourth-order valence-corrected chi connectivity index (χ4v) is 3.05. The maximum Gasteiger partial charge on any atom is 0.270 e. The number of hydrogen-bond acceptors (Lipinski definition) is 3. The molecule has 2 amide bonds. The van der Waals surface area contributed by atoms with Crippen molar-refractivity contribution >= 4 is 17.5 Å². The van der Waals surface area contributed by atoms with Gasteiger partial charge in [0.25, 0.3) is 5.91 Å². The van der Waals surface area contributed by atoms with Crippen LogP contribution in [-0.4, -0.2) is 47.6 Å². The fraction of sp³-hybridized carbons (Fsp3) is 0.786. The molecule has 1 aliphatic heterocycles. The Morgan fingerprint density at radius 3 is 2.63 bits per heavy atom. The second-order valence-electron chi connectivity index (χ2n) is 5.71. The van der Waals surface area contributed by atoms with Gasteiger partial charge in [-0.25, -0.2) is 5.01 Å². The summed E-state index contributed by atoms with van der Waals surface area (Å²) in [5, 5.41) is 5.40. The molecule has 2 rings (SSSR count). The Morgan fingerprint density at radius 2 is 2.00 bits per heavy atom. The first-order chi connectivity index (χ1) is 9.00. The third-order valence-electron chi connectivity index (χ3n) is 4.34. The average Bonchev–Trinajstić information content (AvgIpc) is 2.41. The number of carbonyl (C=O) groups is 2. The van der Waals surface area contributed by atoms with Crippen molar-refractivity contribution in [2.45, 2.75) is 51.5 Å². The molecule has 0 saturated heterocycles. The highest BCUT2D eigenvalue weighted by Crippen LogP contribution is 2.27. The minimum Gasteiger partial charge on any atom is -0.337 e. The number of nitrogens with zero attached hydrogens (tertiary/aromatic N) is 3. The summed E-state index contributed by atoms with van der Waals surface area (Å²) in [5.74, 6) is 0.509. The third kappa shape index (κ3) is 2.96. The second-order valence-corrected chi connectivity index (χ2v) is 5.71. The molecule has 0 radical (unpaired) electrons. The van der Waals surface area contributed by atoms with Crippen molar-refractivity contribution < 1.29 is 9.59 Å². The van der Waals surface area contributed by atoms with Crippen LogP contribution in [-0.2, 0) is 9.59 Å².